The number of esters is 1. The van der Waals surface area contributed by atoms with Crippen LogP contribution in [-0.4, -0.2) is 42.4 Å². The van der Waals surface area contributed by atoms with Crippen molar-refractivity contribution in [3.63, 3.8) is 0 Å². The summed E-state index contributed by atoms with van der Waals surface area (Å²) in [5, 5.41) is 9.20. The number of hydrogen-bond donors (Lipinski definition) is 1. The Hall–Kier alpha value is -5.68. The van der Waals surface area contributed by atoms with Crippen LogP contribution in [0, 0.1) is 0 Å². The van der Waals surface area contributed by atoms with E-state index in [2.05, 4.69) is 0 Å². The lowest BCUT2D eigenvalue weighted by molar-refractivity contribution is -0.138. The molecular formula is C35H28N2O8S. The second-order valence-electron chi connectivity index (χ2n) is 10.1. The number of carboxylic acids is 1. The van der Waals surface area contributed by atoms with E-state index in [1.54, 1.807) is 62.6 Å². The van der Waals surface area contributed by atoms with Crippen LogP contribution in [0.2, 0.25) is 0 Å². The van der Waals surface area contributed by atoms with Crippen molar-refractivity contribution >= 4 is 35.0 Å². The molecule has 0 spiro atoms. The molecule has 2 aromatic heterocycles. The standard InChI is InChI=1S/C35H28N2O8S/c1-4-44-34(41)29-30(21-8-6-5-7-9-21)36-35-37(31(29)25-16-14-23(42-2)18-27(25)43-3)32(38)28(46-35)19-24-15-17-26(45-24)20-10-12-22(13-11-20)33(39)40/h5-19,31H,4H2,1-3H3,(H,39,40)/b28-19-/t31-/m0/s1. The molecule has 232 valence electrons. The molecule has 1 N–H and O–H groups in total. The highest BCUT2D eigenvalue weighted by molar-refractivity contribution is 7.07. The van der Waals surface area contributed by atoms with Gasteiger partial charge in [-0.1, -0.05) is 53.8 Å². The summed E-state index contributed by atoms with van der Waals surface area (Å²) in [6, 6.07) is 23.3. The maximum Gasteiger partial charge on any atom is 0.338 e. The van der Waals surface area contributed by atoms with Crippen LogP contribution in [0.25, 0.3) is 23.1 Å². The van der Waals surface area contributed by atoms with E-state index in [4.69, 9.17) is 23.6 Å². The zero-order valence-electron chi connectivity index (χ0n) is 25.1. The van der Waals surface area contributed by atoms with Crippen LogP contribution in [0.1, 0.15) is 40.2 Å². The van der Waals surface area contributed by atoms with Crippen molar-refractivity contribution in [2.75, 3.05) is 20.8 Å². The van der Waals surface area contributed by atoms with Gasteiger partial charge in [0.15, 0.2) is 4.80 Å². The number of furan rings is 1. The lowest BCUT2D eigenvalue weighted by Gasteiger charge is -2.27. The third kappa shape index (κ3) is 5.64. The number of aromatic nitrogens is 1. The number of carbonyl (C=O) groups excluding carboxylic acids is 1. The monoisotopic (exact) mass is 636 g/mol. The van der Waals surface area contributed by atoms with Crippen molar-refractivity contribution in [2.45, 2.75) is 13.0 Å². The summed E-state index contributed by atoms with van der Waals surface area (Å²) in [7, 11) is 3.05. The van der Waals surface area contributed by atoms with E-state index >= 15 is 0 Å². The molecule has 11 heteroatoms. The number of carboxylic acid groups (broad SMARTS) is 1. The smallest absolute Gasteiger partial charge is 0.338 e. The molecular weight excluding hydrogens is 608 g/mol. The fourth-order valence-electron chi connectivity index (χ4n) is 5.27. The normalized spacial score (nSPS) is 14.4. The fourth-order valence-corrected chi connectivity index (χ4v) is 6.25. The van der Waals surface area contributed by atoms with Crippen LogP contribution in [0.15, 0.2) is 105 Å². The highest BCUT2D eigenvalue weighted by atomic mass is 32.1. The molecule has 0 aliphatic carbocycles. The van der Waals surface area contributed by atoms with Gasteiger partial charge in [-0.05, 0) is 43.3 Å². The molecule has 46 heavy (non-hydrogen) atoms. The molecule has 1 aliphatic heterocycles. The van der Waals surface area contributed by atoms with E-state index in [9.17, 15) is 19.5 Å². The summed E-state index contributed by atoms with van der Waals surface area (Å²) >= 11 is 1.16. The van der Waals surface area contributed by atoms with Gasteiger partial charge in [0.05, 0.1) is 42.2 Å². The Morgan fingerprint density at radius 3 is 2.41 bits per heavy atom. The molecule has 6 rings (SSSR count). The Labute approximate surface area is 266 Å². The Bertz CT molecular complexity index is 2160. The van der Waals surface area contributed by atoms with Crippen LogP contribution in [-0.2, 0) is 9.53 Å². The summed E-state index contributed by atoms with van der Waals surface area (Å²) in [6.07, 6.45) is 1.62. The number of ether oxygens (including phenoxy) is 3. The van der Waals surface area contributed by atoms with E-state index in [0.717, 1.165) is 11.3 Å². The topological polar surface area (TPSA) is 130 Å². The zero-order valence-corrected chi connectivity index (χ0v) is 25.9. The number of rotatable bonds is 9. The number of methoxy groups -OCH3 is 2. The Morgan fingerprint density at radius 1 is 0.978 bits per heavy atom. The quantitative estimate of drug-likeness (QED) is 0.226. The molecule has 1 aliphatic rings. The lowest BCUT2D eigenvalue weighted by atomic mass is 9.92. The molecule has 10 nitrogen and oxygen atoms in total. The van der Waals surface area contributed by atoms with Gasteiger partial charge < -0.3 is 23.7 Å². The molecule has 0 unspecified atom stereocenters. The minimum absolute atomic E-state index is 0.126. The third-order valence-electron chi connectivity index (χ3n) is 7.43. The van der Waals surface area contributed by atoms with Gasteiger partial charge in [-0.2, -0.15) is 0 Å². The molecule has 0 saturated carbocycles. The van der Waals surface area contributed by atoms with Gasteiger partial charge in [0.1, 0.15) is 29.1 Å². The van der Waals surface area contributed by atoms with Gasteiger partial charge in [0.25, 0.3) is 5.56 Å². The number of carbonyl (C=O) groups is 2. The molecule has 1 atom stereocenters. The molecule has 0 radical (unpaired) electrons. The SMILES string of the molecule is CCOC(=O)C1=C(c2ccccc2)N=c2s/c(=C\c3ccc(-c4ccc(C(=O)O)cc4)o3)c(=O)n2[C@H]1c1ccc(OC)cc1OC. The summed E-state index contributed by atoms with van der Waals surface area (Å²) < 4.78 is 24.5. The third-order valence-corrected chi connectivity index (χ3v) is 8.41. The first-order chi connectivity index (χ1) is 22.3. The number of benzene rings is 3. The van der Waals surface area contributed by atoms with Gasteiger partial charge in [-0.15, -0.1) is 0 Å². The highest BCUT2D eigenvalue weighted by Gasteiger charge is 2.37. The van der Waals surface area contributed by atoms with Gasteiger partial charge in [0, 0.05) is 28.8 Å². The minimum Gasteiger partial charge on any atom is -0.497 e. The van der Waals surface area contributed by atoms with Gasteiger partial charge in [0.2, 0.25) is 0 Å². The highest BCUT2D eigenvalue weighted by Crippen LogP contribution is 2.40. The number of hydrogen-bond acceptors (Lipinski definition) is 9. The Morgan fingerprint density at radius 2 is 1.74 bits per heavy atom. The average Bonchev–Trinajstić information content (AvgIpc) is 3.68. The van der Waals surface area contributed by atoms with Gasteiger partial charge in [-0.25, -0.2) is 14.6 Å². The largest absolute Gasteiger partial charge is 0.497 e. The number of aromatic carboxylic acids is 1. The van der Waals surface area contributed by atoms with Crippen molar-refractivity contribution in [2.24, 2.45) is 4.99 Å². The number of thiazole rings is 1. The Balaban J connectivity index is 1.56. The van der Waals surface area contributed by atoms with Crippen LogP contribution < -0.4 is 24.4 Å². The maximum atomic E-state index is 14.2. The van der Waals surface area contributed by atoms with Crippen LogP contribution in [0.4, 0.5) is 0 Å². The van der Waals surface area contributed by atoms with E-state index in [1.807, 2.05) is 30.3 Å². The summed E-state index contributed by atoms with van der Waals surface area (Å²) in [4.78, 5) is 44.4. The first-order valence-electron chi connectivity index (χ1n) is 14.3. The number of nitrogens with zero attached hydrogens (tertiary/aromatic N) is 2. The molecule has 3 heterocycles. The molecule has 0 bridgehead atoms. The van der Waals surface area contributed by atoms with Gasteiger partial charge >= 0.3 is 11.9 Å². The van der Waals surface area contributed by atoms with Crippen molar-refractivity contribution in [1.29, 1.82) is 0 Å². The number of fused-ring (bicyclic) bond motifs is 1. The fraction of sp³-hybridized carbons (Fsp3) is 0.143. The first kappa shape index (κ1) is 30.4. The second-order valence-corrected chi connectivity index (χ2v) is 11.1. The molecule has 0 fully saturated rings. The van der Waals surface area contributed by atoms with E-state index < -0.39 is 18.0 Å². The maximum absolute atomic E-state index is 14.2. The van der Waals surface area contributed by atoms with Crippen molar-refractivity contribution in [3.05, 3.63) is 133 Å². The molecule has 3 aromatic carbocycles. The van der Waals surface area contributed by atoms with Crippen molar-refractivity contribution < 1.29 is 33.3 Å². The van der Waals surface area contributed by atoms with Crippen LogP contribution in [0.3, 0.4) is 0 Å². The molecule has 5 aromatic rings. The predicted molar refractivity (Wildman–Crippen MR) is 172 cm³/mol. The molecule has 0 amide bonds. The van der Waals surface area contributed by atoms with E-state index in [1.165, 1.54) is 23.8 Å². The van der Waals surface area contributed by atoms with E-state index in [-0.39, 0.29) is 23.3 Å². The molecule has 0 saturated heterocycles. The van der Waals surface area contributed by atoms with E-state index in [0.29, 0.717) is 54.7 Å². The Kier molecular flexibility index (Phi) is 8.41. The lowest BCUT2D eigenvalue weighted by Crippen LogP contribution is -2.40. The zero-order chi connectivity index (χ0) is 32.4. The second kappa shape index (κ2) is 12.7. The summed E-state index contributed by atoms with van der Waals surface area (Å²) in [5.41, 5.74) is 2.28. The van der Waals surface area contributed by atoms with Gasteiger partial charge in [-0.3, -0.25) is 9.36 Å². The van der Waals surface area contributed by atoms with Crippen molar-refractivity contribution in [3.8, 4) is 22.8 Å². The van der Waals surface area contributed by atoms with Crippen LogP contribution in [0.5, 0.6) is 11.5 Å². The van der Waals surface area contributed by atoms with Crippen molar-refractivity contribution in [1.82, 2.24) is 4.57 Å². The average molecular weight is 637 g/mol. The first-order valence-corrected chi connectivity index (χ1v) is 15.1. The van der Waals surface area contributed by atoms with Crippen LogP contribution >= 0.6 is 11.3 Å². The summed E-state index contributed by atoms with van der Waals surface area (Å²) in [6.45, 7) is 1.85. The summed E-state index contributed by atoms with van der Waals surface area (Å²) in [5.74, 6) is 0.256. The minimum atomic E-state index is -1.02. The predicted octanol–water partition coefficient (Wildman–Crippen LogP) is 4.91.